The number of nitrogens with one attached hydrogen (secondary N) is 2. The normalized spacial score (nSPS) is 16.3. The molecular formula is C12H20N4O. The van der Waals surface area contributed by atoms with Gasteiger partial charge in [0.05, 0.1) is 0 Å². The van der Waals surface area contributed by atoms with Crippen LogP contribution >= 0.6 is 0 Å². The predicted molar refractivity (Wildman–Crippen MR) is 64.6 cm³/mol. The summed E-state index contributed by atoms with van der Waals surface area (Å²) in [6, 6.07) is 0. The Morgan fingerprint density at radius 1 is 1.47 bits per heavy atom. The van der Waals surface area contributed by atoms with Gasteiger partial charge in [0.25, 0.3) is 5.91 Å². The van der Waals surface area contributed by atoms with Crippen molar-refractivity contribution in [1.82, 2.24) is 20.5 Å². The minimum absolute atomic E-state index is 0.180. The summed E-state index contributed by atoms with van der Waals surface area (Å²) >= 11 is 0. The van der Waals surface area contributed by atoms with Crippen LogP contribution in [0.1, 0.15) is 55.0 Å². The number of aryl methyl sites for hydroxylation is 1. The minimum Gasteiger partial charge on any atom is -0.349 e. The maximum atomic E-state index is 11.6. The first-order valence-corrected chi connectivity index (χ1v) is 6.43. The van der Waals surface area contributed by atoms with Crippen LogP contribution in [0.4, 0.5) is 0 Å². The van der Waals surface area contributed by atoms with Gasteiger partial charge >= 0.3 is 0 Å². The number of carbonyl (C=O) groups excluding carboxylic acids is 1. The summed E-state index contributed by atoms with van der Waals surface area (Å²) in [5.41, 5.74) is 0. The number of hydrogen-bond acceptors (Lipinski definition) is 3. The second-order valence-electron chi connectivity index (χ2n) is 4.79. The van der Waals surface area contributed by atoms with Gasteiger partial charge in [0, 0.05) is 6.54 Å². The Balaban J connectivity index is 1.63. The van der Waals surface area contributed by atoms with E-state index in [0.29, 0.717) is 5.82 Å². The highest BCUT2D eigenvalue weighted by Crippen LogP contribution is 2.28. The molecule has 1 aliphatic rings. The monoisotopic (exact) mass is 236 g/mol. The largest absolute Gasteiger partial charge is 0.349 e. The van der Waals surface area contributed by atoms with E-state index in [-0.39, 0.29) is 11.7 Å². The summed E-state index contributed by atoms with van der Waals surface area (Å²) in [6.07, 6.45) is 7.79. The lowest BCUT2D eigenvalue weighted by Gasteiger charge is -2.08. The van der Waals surface area contributed by atoms with Crippen LogP contribution in [0.3, 0.4) is 0 Å². The van der Waals surface area contributed by atoms with E-state index in [1.54, 1.807) is 6.92 Å². The van der Waals surface area contributed by atoms with Crippen molar-refractivity contribution in [3.8, 4) is 0 Å². The van der Waals surface area contributed by atoms with Crippen molar-refractivity contribution < 1.29 is 4.79 Å². The summed E-state index contributed by atoms with van der Waals surface area (Å²) < 4.78 is 0. The molecule has 1 aromatic rings. The molecule has 0 aromatic carbocycles. The number of aromatic nitrogens is 3. The van der Waals surface area contributed by atoms with Crippen molar-refractivity contribution in [3.63, 3.8) is 0 Å². The minimum atomic E-state index is -0.180. The van der Waals surface area contributed by atoms with Crippen LogP contribution in [0.5, 0.6) is 0 Å². The van der Waals surface area contributed by atoms with Crippen molar-refractivity contribution in [2.75, 3.05) is 6.54 Å². The van der Waals surface area contributed by atoms with E-state index >= 15 is 0 Å². The van der Waals surface area contributed by atoms with Crippen LogP contribution in [0.15, 0.2) is 0 Å². The van der Waals surface area contributed by atoms with Crippen molar-refractivity contribution in [1.29, 1.82) is 0 Å². The fraction of sp³-hybridized carbons (Fsp3) is 0.750. The lowest BCUT2D eigenvalue weighted by atomic mass is 10.0. The lowest BCUT2D eigenvalue weighted by Crippen LogP contribution is -2.25. The Kier molecular flexibility index (Phi) is 4.12. The van der Waals surface area contributed by atoms with Gasteiger partial charge < -0.3 is 5.32 Å². The zero-order valence-corrected chi connectivity index (χ0v) is 10.3. The fourth-order valence-corrected chi connectivity index (χ4v) is 2.42. The van der Waals surface area contributed by atoms with E-state index in [0.717, 1.165) is 18.9 Å². The first kappa shape index (κ1) is 12.1. The van der Waals surface area contributed by atoms with Crippen LogP contribution in [0.25, 0.3) is 0 Å². The Morgan fingerprint density at radius 3 is 2.88 bits per heavy atom. The number of H-pyrrole nitrogens is 1. The molecule has 1 heterocycles. The molecule has 17 heavy (non-hydrogen) atoms. The maximum Gasteiger partial charge on any atom is 0.290 e. The van der Waals surface area contributed by atoms with Crippen LogP contribution < -0.4 is 5.32 Å². The van der Waals surface area contributed by atoms with Crippen LogP contribution in [0, 0.1) is 12.8 Å². The van der Waals surface area contributed by atoms with E-state index < -0.39 is 0 Å². The summed E-state index contributed by atoms with van der Waals surface area (Å²) in [4.78, 5) is 15.6. The second-order valence-corrected chi connectivity index (χ2v) is 4.79. The molecule has 1 saturated carbocycles. The second kappa shape index (κ2) is 5.80. The lowest BCUT2D eigenvalue weighted by molar-refractivity contribution is 0.0942. The van der Waals surface area contributed by atoms with Gasteiger partial charge in [-0.25, -0.2) is 4.98 Å². The molecule has 0 radical (unpaired) electrons. The molecule has 0 spiro atoms. The zero-order valence-electron chi connectivity index (χ0n) is 10.3. The summed E-state index contributed by atoms with van der Waals surface area (Å²) in [7, 11) is 0. The first-order chi connectivity index (χ1) is 8.25. The summed E-state index contributed by atoms with van der Waals surface area (Å²) in [5, 5.41) is 9.34. The van der Waals surface area contributed by atoms with Gasteiger partial charge in [-0.15, -0.1) is 5.10 Å². The van der Waals surface area contributed by atoms with Gasteiger partial charge in [-0.05, 0) is 25.7 Å². The van der Waals surface area contributed by atoms with E-state index in [1.807, 2.05) is 0 Å². The zero-order chi connectivity index (χ0) is 12.1. The smallest absolute Gasteiger partial charge is 0.290 e. The number of nitrogens with zero attached hydrogens (tertiary/aromatic N) is 2. The molecule has 5 nitrogen and oxygen atoms in total. The molecule has 2 rings (SSSR count). The quantitative estimate of drug-likeness (QED) is 0.766. The van der Waals surface area contributed by atoms with Gasteiger partial charge in [-0.2, -0.15) is 0 Å². The third-order valence-corrected chi connectivity index (χ3v) is 3.35. The Labute approximate surface area is 101 Å². The van der Waals surface area contributed by atoms with Crippen LogP contribution in [-0.4, -0.2) is 27.6 Å². The van der Waals surface area contributed by atoms with Crippen LogP contribution in [0.2, 0.25) is 0 Å². The number of amides is 1. The molecule has 0 bridgehead atoms. The van der Waals surface area contributed by atoms with Crippen molar-refractivity contribution in [2.45, 2.75) is 45.4 Å². The molecule has 94 valence electrons. The van der Waals surface area contributed by atoms with Gasteiger partial charge in [0.15, 0.2) is 0 Å². The molecule has 5 heteroatoms. The highest BCUT2D eigenvalue weighted by Gasteiger charge is 2.15. The fourth-order valence-electron chi connectivity index (χ4n) is 2.42. The van der Waals surface area contributed by atoms with Crippen molar-refractivity contribution in [3.05, 3.63) is 11.6 Å². The Morgan fingerprint density at radius 2 is 2.24 bits per heavy atom. The van der Waals surface area contributed by atoms with E-state index in [9.17, 15) is 4.79 Å². The van der Waals surface area contributed by atoms with Crippen molar-refractivity contribution >= 4 is 5.91 Å². The number of rotatable bonds is 5. The van der Waals surface area contributed by atoms with Gasteiger partial charge in [-0.3, -0.25) is 9.89 Å². The molecule has 1 fully saturated rings. The van der Waals surface area contributed by atoms with E-state index in [1.165, 1.54) is 32.1 Å². The third-order valence-electron chi connectivity index (χ3n) is 3.35. The summed E-state index contributed by atoms with van der Waals surface area (Å²) in [5.74, 6) is 1.61. The molecule has 0 atom stereocenters. The first-order valence-electron chi connectivity index (χ1n) is 6.43. The molecule has 1 aromatic heterocycles. The molecule has 0 saturated heterocycles. The summed E-state index contributed by atoms with van der Waals surface area (Å²) in [6.45, 7) is 2.51. The average Bonchev–Trinajstić information content (AvgIpc) is 2.95. The predicted octanol–water partition coefficient (Wildman–Crippen LogP) is 1.81. The van der Waals surface area contributed by atoms with Crippen LogP contribution in [-0.2, 0) is 0 Å². The Bertz CT molecular complexity index is 368. The number of aromatic amines is 1. The van der Waals surface area contributed by atoms with Gasteiger partial charge in [0.2, 0.25) is 5.82 Å². The van der Waals surface area contributed by atoms with E-state index in [2.05, 4.69) is 20.5 Å². The SMILES string of the molecule is Cc1nc(C(=O)NCCCC2CCCC2)n[nH]1. The number of carbonyl (C=O) groups is 1. The molecular weight excluding hydrogens is 216 g/mol. The molecule has 0 aliphatic heterocycles. The number of hydrogen-bond donors (Lipinski definition) is 2. The average molecular weight is 236 g/mol. The maximum absolute atomic E-state index is 11.6. The van der Waals surface area contributed by atoms with Gasteiger partial charge in [0.1, 0.15) is 5.82 Å². The highest BCUT2D eigenvalue weighted by molar-refractivity contribution is 5.90. The Hall–Kier alpha value is -1.39. The van der Waals surface area contributed by atoms with Gasteiger partial charge in [-0.1, -0.05) is 25.7 Å². The third kappa shape index (κ3) is 3.54. The molecule has 2 N–H and O–H groups in total. The van der Waals surface area contributed by atoms with Crippen molar-refractivity contribution in [2.24, 2.45) is 5.92 Å². The topological polar surface area (TPSA) is 70.7 Å². The standard InChI is InChI=1S/C12H20N4O/c1-9-14-11(16-15-9)12(17)13-8-4-7-10-5-2-3-6-10/h10H,2-8H2,1H3,(H,13,17)(H,14,15,16). The molecule has 1 amide bonds. The van der Waals surface area contributed by atoms with E-state index in [4.69, 9.17) is 0 Å². The molecule has 1 aliphatic carbocycles. The molecule has 0 unspecified atom stereocenters. The highest BCUT2D eigenvalue weighted by atomic mass is 16.2.